The second-order valence-corrected chi connectivity index (χ2v) is 15.9. The second-order valence-electron chi connectivity index (χ2n) is 14.8. The van der Waals surface area contributed by atoms with E-state index in [2.05, 4.69) is 53.2 Å². The first kappa shape index (κ1) is 41.2. The number of fused-ring (bicyclic) bond motifs is 1. The van der Waals surface area contributed by atoms with Crippen LogP contribution < -0.4 is 15.1 Å². The highest BCUT2D eigenvalue weighted by Gasteiger charge is 2.77. The van der Waals surface area contributed by atoms with Crippen LogP contribution in [-0.4, -0.2) is 95.1 Å². The van der Waals surface area contributed by atoms with Gasteiger partial charge in [0, 0.05) is 42.3 Å². The lowest BCUT2D eigenvalue weighted by atomic mass is 9.70. The molecule has 3 amide bonds. The normalized spacial score (nSPS) is 25.2. The van der Waals surface area contributed by atoms with Crippen LogP contribution in [0.15, 0.2) is 79.9 Å². The number of carbonyl (C=O) groups excluding carboxylic acids is 4. The Morgan fingerprint density at radius 2 is 1.74 bits per heavy atom. The third-order valence-electron chi connectivity index (χ3n) is 10.9. The van der Waals surface area contributed by atoms with Gasteiger partial charge in [0.05, 0.1) is 37.1 Å². The van der Waals surface area contributed by atoms with Crippen molar-refractivity contribution in [1.29, 1.82) is 0 Å². The molecule has 0 saturated carbocycles. The summed E-state index contributed by atoms with van der Waals surface area (Å²) in [5.74, 6) is -3.62. The summed E-state index contributed by atoms with van der Waals surface area (Å²) in [5.41, 5.74) is 0.964. The van der Waals surface area contributed by atoms with Gasteiger partial charge in [-0.1, -0.05) is 72.3 Å². The molecular weight excluding hydrogens is 752 g/mol. The highest BCUT2D eigenvalue weighted by atomic mass is 79.9. The molecule has 2 aromatic carbocycles. The summed E-state index contributed by atoms with van der Waals surface area (Å²) >= 11 is 3.76. The lowest BCUT2D eigenvalue weighted by Gasteiger charge is -2.40. The average molecular weight is 808 g/mol. The molecule has 12 heteroatoms. The summed E-state index contributed by atoms with van der Waals surface area (Å²) < 4.78 is 13.0. The Morgan fingerprint density at radius 1 is 1.07 bits per heavy atom. The van der Waals surface area contributed by atoms with Crippen molar-refractivity contribution in [1.82, 2.24) is 10.2 Å². The second kappa shape index (κ2) is 18.1. The molecule has 8 atom stereocenters. The molecular formula is C42H55BrN4O7. The van der Waals surface area contributed by atoms with Gasteiger partial charge in [0.1, 0.15) is 17.7 Å². The van der Waals surface area contributed by atoms with Crippen LogP contribution in [0.25, 0.3) is 0 Å². The van der Waals surface area contributed by atoms with Gasteiger partial charge in [-0.3, -0.25) is 19.2 Å². The van der Waals surface area contributed by atoms with Gasteiger partial charge >= 0.3 is 5.97 Å². The highest BCUT2D eigenvalue weighted by Crippen LogP contribution is 2.61. The summed E-state index contributed by atoms with van der Waals surface area (Å²) in [6.07, 6.45) is 3.22. The zero-order valence-electron chi connectivity index (χ0n) is 31.9. The lowest BCUT2D eigenvalue weighted by Crippen LogP contribution is -2.59. The van der Waals surface area contributed by atoms with Crippen LogP contribution in [0.5, 0.6) is 0 Å². The Kier molecular flexibility index (Phi) is 13.8. The standard InChI is InChI=1S/C42H55BrN4O7/c1-7-11-17-34(49)44-25-33(28-15-13-12-14-16-28)53-41(52)35-36-39(50)47(31(26-48)23-27(5)6)38(42(36)24-32(43)37(35)54-42)40(51)46(22-8-2)30-20-18-29(19-21-30)45(9-3)10-4/h7-8,12-16,18-21,27,31-33,35-38,48H,1-2,9-11,17,22-26H2,3-6H3,(H,44,49)/t31-,32?,33-,35-,36+,37-,38-,42+/m1/s1. The number of halogens is 1. The Morgan fingerprint density at radius 3 is 2.33 bits per heavy atom. The van der Waals surface area contributed by atoms with Gasteiger partial charge in [0.2, 0.25) is 11.8 Å². The van der Waals surface area contributed by atoms with E-state index >= 15 is 4.79 Å². The van der Waals surface area contributed by atoms with Crippen LogP contribution in [0.1, 0.15) is 65.0 Å². The monoisotopic (exact) mass is 806 g/mol. The van der Waals surface area contributed by atoms with Gasteiger partial charge < -0.3 is 34.6 Å². The summed E-state index contributed by atoms with van der Waals surface area (Å²) in [5, 5.41) is 13.6. The lowest BCUT2D eigenvalue weighted by molar-refractivity contribution is -0.161. The zero-order valence-corrected chi connectivity index (χ0v) is 33.5. The quantitative estimate of drug-likeness (QED) is 0.107. The zero-order chi connectivity index (χ0) is 39.2. The van der Waals surface area contributed by atoms with Gasteiger partial charge in [0.25, 0.3) is 5.91 Å². The predicted molar refractivity (Wildman–Crippen MR) is 213 cm³/mol. The first-order chi connectivity index (χ1) is 26.0. The van der Waals surface area contributed by atoms with Gasteiger partial charge in [-0.25, -0.2) is 0 Å². The SMILES string of the molecule is C=CCCC(=O)NC[C@@H](OC(=O)[C@H]1[C@@H]2O[C@@]3(CC2Br)[C@@H]1C(=O)N([C@@H](CO)CC(C)C)[C@@H]3C(=O)N(CC=C)c1ccc(N(CC)CC)cc1)c1ccccc1. The van der Waals surface area contributed by atoms with Crippen molar-refractivity contribution in [2.75, 3.05) is 42.6 Å². The molecule has 1 spiro atoms. The molecule has 292 valence electrons. The van der Waals surface area contributed by atoms with Crippen molar-refractivity contribution in [3.05, 3.63) is 85.5 Å². The number of aliphatic hydroxyl groups excluding tert-OH is 1. The molecule has 2 aromatic rings. The first-order valence-electron chi connectivity index (χ1n) is 19.1. The van der Waals surface area contributed by atoms with Gasteiger partial charge in [-0.15, -0.1) is 13.2 Å². The molecule has 3 saturated heterocycles. The van der Waals surface area contributed by atoms with E-state index in [1.165, 1.54) is 4.90 Å². The van der Waals surface area contributed by atoms with Crippen molar-refractivity contribution in [2.24, 2.45) is 17.8 Å². The van der Waals surface area contributed by atoms with E-state index in [1.54, 1.807) is 17.1 Å². The largest absolute Gasteiger partial charge is 0.455 e. The van der Waals surface area contributed by atoms with E-state index < -0.39 is 53.6 Å². The van der Waals surface area contributed by atoms with Crippen LogP contribution in [0, 0.1) is 17.8 Å². The highest BCUT2D eigenvalue weighted by molar-refractivity contribution is 9.09. The van der Waals surface area contributed by atoms with Crippen LogP contribution in [0.4, 0.5) is 11.4 Å². The number of rotatable bonds is 19. The van der Waals surface area contributed by atoms with E-state index in [0.717, 1.165) is 18.8 Å². The molecule has 0 aliphatic carbocycles. The van der Waals surface area contributed by atoms with Crippen LogP contribution in [0.3, 0.4) is 0 Å². The number of ether oxygens (including phenoxy) is 2. The fourth-order valence-electron chi connectivity index (χ4n) is 8.50. The number of nitrogens with zero attached hydrogens (tertiary/aromatic N) is 3. The Bertz CT molecular complexity index is 1650. The number of amides is 3. The van der Waals surface area contributed by atoms with Crippen LogP contribution >= 0.6 is 15.9 Å². The number of hydrogen-bond donors (Lipinski definition) is 2. The molecule has 3 heterocycles. The molecule has 1 unspecified atom stereocenters. The molecule has 0 radical (unpaired) electrons. The Hall–Kier alpha value is -4.00. The van der Waals surface area contributed by atoms with Crippen molar-refractivity contribution in [3.63, 3.8) is 0 Å². The molecule has 5 rings (SSSR count). The topological polar surface area (TPSA) is 129 Å². The number of benzene rings is 2. The summed E-state index contributed by atoms with van der Waals surface area (Å²) in [4.78, 5) is 62.1. The third-order valence-corrected chi connectivity index (χ3v) is 11.8. The summed E-state index contributed by atoms with van der Waals surface area (Å²) in [6, 6.07) is 15.0. The maximum atomic E-state index is 15.2. The number of aliphatic hydroxyl groups is 1. The Labute approximate surface area is 327 Å². The van der Waals surface area contributed by atoms with E-state index in [0.29, 0.717) is 30.5 Å². The fourth-order valence-corrected chi connectivity index (χ4v) is 9.45. The number of alkyl halides is 1. The predicted octanol–water partition coefficient (Wildman–Crippen LogP) is 5.57. The molecule has 2 N–H and O–H groups in total. The van der Waals surface area contributed by atoms with E-state index in [-0.39, 0.29) is 48.7 Å². The smallest absolute Gasteiger partial charge is 0.313 e. The number of hydrogen-bond acceptors (Lipinski definition) is 8. The molecule has 3 aliphatic rings. The minimum atomic E-state index is -1.37. The number of carbonyl (C=O) groups is 4. The number of likely N-dealkylation sites (tertiary alicyclic amines) is 1. The van der Waals surface area contributed by atoms with Crippen LogP contribution in [0.2, 0.25) is 0 Å². The molecule has 2 bridgehead atoms. The van der Waals surface area contributed by atoms with Crippen molar-refractivity contribution < 1.29 is 33.8 Å². The minimum absolute atomic E-state index is 0.0310. The average Bonchev–Trinajstić information content (AvgIpc) is 3.77. The maximum Gasteiger partial charge on any atom is 0.313 e. The maximum absolute atomic E-state index is 15.2. The minimum Gasteiger partial charge on any atom is -0.455 e. The third kappa shape index (κ3) is 8.16. The first-order valence-corrected chi connectivity index (χ1v) is 20.0. The van der Waals surface area contributed by atoms with Crippen LogP contribution in [-0.2, 0) is 28.7 Å². The molecule has 0 aromatic heterocycles. The van der Waals surface area contributed by atoms with E-state index in [4.69, 9.17) is 9.47 Å². The Balaban J connectivity index is 1.53. The summed E-state index contributed by atoms with van der Waals surface area (Å²) in [7, 11) is 0. The molecule has 11 nitrogen and oxygen atoms in total. The summed E-state index contributed by atoms with van der Waals surface area (Å²) in [6.45, 7) is 17.3. The van der Waals surface area contributed by atoms with Crippen molar-refractivity contribution in [3.8, 4) is 0 Å². The molecule has 54 heavy (non-hydrogen) atoms. The van der Waals surface area contributed by atoms with Crippen molar-refractivity contribution in [2.45, 2.75) is 88.1 Å². The number of esters is 1. The number of anilines is 2. The van der Waals surface area contributed by atoms with Crippen molar-refractivity contribution >= 4 is 51.0 Å². The van der Waals surface area contributed by atoms with E-state index in [1.807, 2.05) is 68.4 Å². The molecule has 3 aliphatic heterocycles. The van der Waals surface area contributed by atoms with Gasteiger partial charge in [0.15, 0.2) is 0 Å². The van der Waals surface area contributed by atoms with E-state index in [9.17, 15) is 19.5 Å². The number of allylic oxidation sites excluding steroid dienone is 1. The number of nitrogens with one attached hydrogen (secondary N) is 1. The van der Waals surface area contributed by atoms with Gasteiger partial charge in [-0.2, -0.15) is 0 Å². The fraction of sp³-hybridized carbons (Fsp3) is 0.524. The van der Waals surface area contributed by atoms with Gasteiger partial charge in [-0.05, 0) is 68.9 Å². The molecule has 3 fully saturated rings.